The quantitative estimate of drug-likeness (QED) is 0.400. The van der Waals surface area contributed by atoms with Crippen LogP contribution in [0.3, 0.4) is 0 Å². The minimum Gasteiger partial charge on any atom is -0.469 e. The Bertz CT molecular complexity index is 670. The fraction of sp³-hybridized carbons (Fsp3) is 0.0714. The predicted molar refractivity (Wildman–Crippen MR) is 87.4 cm³/mol. The summed E-state index contributed by atoms with van der Waals surface area (Å²) in [5.41, 5.74) is 1.55. The number of isothiocyanates is 1. The van der Waals surface area contributed by atoms with Crippen molar-refractivity contribution in [2.24, 2.45) is 4.99 Å². The van der Waals surface area contributed by atoms with E-state index < -0.39 is 0 Å². The van der Waals surface area contributed by atoms with Crippen LogP contribution in [0.1, 0.15) is 0 Å². The van der Waals surface area contributed by atoms with Crippen molar-refractivity contribution in [1.29, 1.82) is 0 Å². The molecule has 0 bridgehead atoms. The van der Waals surface area contributed by atoms with Crippen molar-refractivity contribution >= 4 is 52.2 Å². The van der Waals surface area contributed by atoms with E-state index in [9.17, 15) is 0 Å². The van der Waals surface area contributed by atoms with Crippen LogP contribution in [0.5, 0.6) is 5.75 Å². The van der Waals surface area contributed by atoms with Gasteiger partial charge in [0.25, 0.3) is 0 Å². The molecule has 2 aromatic rings. The number of hydrogen-bond donors (Lipinski definition) is 0. The average Bonchev–Trinajstić information content (AvgIpc) is 2.46. The summed E-state index contributed by atoms with van der Waals surface area (Å²) < 4.78 is 5.33. The topological polar surface area (TPSA) is 21.6 Å². The molecule has 0 heterocycles. The van der Waals surface area contributed by atoms with Gasteiger partial charge in [0.1, 0.15) is 10.8 Å². The SMILES string of the molecule is S=C=NCOc1cc(Cl)c(-c2ccccc2)c(Cl)c1Cl. The van der Waals surface area contributed by atoms with Crippen LogP contribution in [0.25, 0.3) is 11.1 Å². The van der Waals surface area contributed by atoms with Crippen LogP contribution in [0.15, 0.2) is 41.4 Å². The van der Waals surface area contributed by atoms with Crippen molar-refractivity contribution in [2.45, 2.75) is 0 Å². The maximum atomic E-state index is 6.29. The molecule has 0 fully saturated rings. The summed E-state index contributed by atoms with van der Waals surface area (Å²) in [5.74, 6) is 0.357. The Morgan fingerprint density at radius 3 is 2.45 bits per heavy atom. The molecule has 2 rings (SSSR count). The third-order valence-electron chi connectivity index (χ3n) is 2.54. The maximum Gasteiger partial charge on any atom is 0.188 e. The van der Waals surface area contributed by atoms with E-state index in [1.807, 2.05) is 30.3 Å². The highest BCUT2D eigenvalue weighted by molar-refractivity contribution is 7.78. The van der Waals surface area contributed by atoms with Crippen molar-refractivity contribution in [3.8, 4) is 16.9 Å². The Morgan fingerprint density at radius 2 is 1.80 bits per heavy atom. The third-order valence-corrected chi connectivity index (χ3v) is 3.81. The Morgan fingerprint density at radius 1 is 1.10 bits per heavy atom. The molecule has 0 aliphatic carbocycles. The van der Waals surface area contributed by atoms with Gasteiger partial charge < -0.3 is 4.74 Å². The Kier molecular flexibility index (Phi) is 5.41. The van der Waals surface area contributed by atoms with Gasteiger partial charge in [0.15, 0.2) is 6.73 Å². The van der Waals surface area contributed by atoms with Gasteiger partial charge >= 0.3 is 0 Å². The van der Waals surface area contributed by atoms with E-state index in [0.717, 1.165) is 5.56 Å². The Balaban J connectivity index is 2.47. The van der Waals surface area contributed by atoms with Gasteiger partial charge in [-0.25, -0.2) is 0 Å². The smallest absolute Gasteiger partial charge is 0.188 e. The zero-order valence-corrected chi connectivity index (χ0v) is 13.2. The number of rotatable bonds is 4. The van der Waals surface area contributed by atoms with E-state index in [2.05, 4.69) is 22.4 Å². The fourth-order valence-electron chi connectivity index (χ4n) is 1.68. The Labute approximate surface area is 136 Å². The highest BCUT2D eigenvalue weighted by Gasteiger charge is 2.16. The molecule has 0 unspecified atom stereocenters. The predicted octanol–water partition coefficient (Wildman–Crippen LogP) is 5.75. The lowest BCUT2D eigenvalue weighted by molar-refractivity contribution is 0.333. The summed E-state index contributed by atoms with van der Waals surface area (Å²) in [6.07, 6.45) is 0. The zero-order chi connectivity index (χ0) is 14.5. The van der Waals surface area contributed by atoms with E-state index in [-0.39, 0.29) is 11.8 Å². The lowest BCUT2D eigenvalue weighted by Crippen LogP contribution is -1.95. The van der Waals surface area contributed by atoms with Crippen molar-refractivity contribution in [3.63, 3.8) is 0 Å². The summed E-state index contributed by atoms with van der Waals surface area (Å²) >= 11 is 23.2. The first-order valence-electron chi connectivity index (χ1n) is 5.54. The molecule has 20 heavy (non-hydrogen) atoms. The summed E-state index contributed by atoms with van der Waals surface area (Å²) in [7, 11) is 0. The van der Waals surface area contributed by atoms with Crippen molar-refractivity contribution < 1.29 is 4.74 Å². The lowest BCUT2D eigenvalue weighted by atomic mass is 10.1. The van der Waals surface area contributed by atoms with Gasteiger partial charge in [-0.15, -0.1) is 0 Å². The zero-order valence-electron chi connectivity index (χ0n) is 10.1. The van der Waals surface area contributed by atoms with Gasteiger partial charge in [0.2, 0.25) is 0 Å². The number of hydrogen-bond acceptors (Lipinski definition) is 3. The van der Waals surface area contributed by atoms with E-state index in [4.69, 9.17) is 39.5 Å². The van der Waals surface area contributed by atoms with Crippen LogP contribution in [0, 0.1) is 0 Å². The molecule has 0 aliphatic rings. The highest BCUT2D eigenvalue weighted by atomic mass is 35.5. The molecule has 102 valence electrons. The molecule has 0 saturated carbocycles. The second-order valence-electron chi connectivity index (χ2n) is 3.75. The van der Waals surface area contributed by atoms with Crippen LogP contribution in [-0.4, -0.2) is 11.9 Å². The number of ether oxygens (including phenoxy) is 1. The molecule has 0 saturated heterocycles. The number of thiocarbonyl (C=S) groups is 1. The van der Waals surface area contributed by atoms with Gasteiger partial charge in [-0.3, -0.25) is 0 Å². The summed E-state index contributed by atoms with van der Waals surface area (Å²) in [4.78, 5) is 3.65. The molecule has 6 heteroatoms. The van der Waals surface area contributed by atoms with Gasteiger partial charge in [-0.1, -0.05) is 65.1 Å². The average molecular weight is 345 g/mol. The molecule has 2 aromatic carbocycles. The molecule has 0 spiro atoms. The van der Waals surface area contributed by atoms with Crippen molar-refractivity contribution in [2.75, 3.05) is 6.73 Å². The van der Waals surface area contributed by atoms with Crippen LogP contribution in [0.4, 0.5) is 0 Å². The summed E-state index contributed by atoms with van der Waals surface area (Å²) in [5, 5.41) is 3.28. The second kappa shape index (κ2) is 7.07. The fourth-order valence-corrected chi connectivity index (χ4v) is 2.59. The first-order valence-corrected chi connectivity index (χ1v) is 7.08. The molecule has 0 radical (unpaired) electrons. The van der Waals surface area contributed by atoms with E-state index in [0.29, 0.717) is 21.4 Å². The van der Waals surface area contributed by atoms with Crippen molar-refractivity contribution in [1.82, 2.24) is 0 Å². The second-order valence-corrected chi connectivity index (χ2v) is 5.09. The minimum absolute atomic E-state index is 0.0144. The normalized spacial score (nSPS) is 9.95. The highest BCUT2D eigenvalue weighted by Crippen LogP contribution is 2.44. The number of aliphatic imine (C=N–C) groups is 1. The molecule has 0 aromatic heterocycles. The largest absolute Gasteiger partial charge is 0.469 e. The van der Waals surface area contributed by atoms with Crippen LogP contribution >= 0.6 is 47.0 Å². The molecule has 0 aliphatic heterocycles. The summed E-state index contributed by atoms with van der Waals surface area (Å²) in [6, 6.07) is 11.1. The number of halogens is 3. The monoisotopic (exact) mass is 343 g/mol. The molecule has 0 amide bonds. The summed E-state index contributed by atoms with van der Waals surface area (Å²) in [6.45, 7) is 0.0144. The van der Waals surface area contributed by atoms with Crippen LogP contribution in [-0.2, 0) is 0 Å². The third kappa shape index (κ3) is 3.32. The standard InChI is InChI=1S/C14H8Cl3NOS/c15-10-6-11(19-7-18-8-20)13(16)14(17)12(10)9-4-2-1-3-5-9/h1-6H,7H2. The van der Waals surface area contributed by atoms with Crippen molar-refractivity contribution in [3.05, 3.63) is 51.5 Å². The van der Waals surface area contributed by atoms with Crippen LogP contribution in [0.2, 0.25) is 15.1 Å². The van der Waals surface area contributed by atoms with Crippen LogP contribution < -0.4 is 4.74 Å². The molecule has 0 atom stereocenters. The van der Waals surface area contributed by atoms with E-state index >= 15 is 0 Å². The maximum absolute atomic E-state index is 6.29. The van der Waals surface area contributed by atoms with E-state index in [1.54, 1.807) is 6.07 Å². The molecular formula is C14H8Cl3NOS. The molecular weight excluding hydrogens is 337 g/mol. The van der Waals surface area contributed by atoms with Gasteiger partial charge in [-0.05, 0) is 17.8 Å². The first-order chi connectivity index (χ1) is 9.65. The minimum atomic E-state index is 0.0144. The van der Waals surface area contributed by atoms with Gasteiger partial charge in [0.05, 0.1) is 15.2 Å². The number of benzene rings is 2. The lowest BCUT2D eigenvalue weighted by Gasteiger charge is -2.13. The van der Waals surface area contributed by atoms with E-state index in [1.165, 1.54) is 0 Å². The first kappa shape index (κ1) is 15.3. The van der Waals surface area contributed by atoms with Gasteiger partial charge in [0, 0.05) is 11.6 Å². The molecule has 2 nitrogen and oxygen atoms in total. The molecule has 0 N–H and O–H groups in total. The number of nitrogens with zero attached hydrogens (tertiary/aromatic N) is 1. The van der Waals surface area contributed by atoms with Gasteiger partial charge in [-0.2, -0.15) is 4.99 Å². The Hall–Kier alpha value is -1.09.